The van der Waals surface area contributed by atoms with E-state index in [2.05, 4.69) is 38.9 Å². The number of rotatable bonds is 6. The fraction of sp³-hybridized carbons (Fsp3) is 0.500. The molecule has 1 aliphatic heterocycles. The first-order chi connectivity index (χ1) is 14.5. The number of guanidine groups is 1. The summed E-state index contributed by atoms with van der Waals surface area (Å²) in [6.45, 7) is 9.28. The Hall–Kier alpha value is -1.81. The van der Waals surface area contributed by atoms with Crippen molar-refractivity contribution in [1.29, 1.82) is 0 Å². The van der Waals surface area contributed by atoms with Gasteiger partial charge in [0, 0.05) is 49.2 Å². The summed E-state index contributed by atoms with van der Waals surface area (Å²) in [7, 11) is 0. The van der Waals surface area contributed by atoms with E-state index in [-0.39, 0.29) is 29.9 Å². The maximum atomic E-state index is 12.4. The van der Waals surface area contributed by atoms with Crippen LogP contribution in [0.1, 0.15) is 38.3 Å². The molecule has 1 saturated heterocycles. The van der Waals surface area contributed by atoms with Gasteiger partial charge in [-0.3, -0.25) is 9.79 Å². The standard InChI is InChI=1S/C22H31ClN6O.HI/c1-4-25-22(28-12-9-16(2)20(14-28)29-13-11-24-15-29)26-10-8-21(30)27-19-7-5-6-18(23)17(19)3;/h5-7,11,13,15-16,20H,4,8-10,12,14H2,1-3H3,(H,25,26)(H,27,30);1H. The van der Waals surface area contributed by atoms with Crippen LogP contribution < -0.4 is 10.6 Å². The average Bonchev–Trinajstić information content (AvgIpc) is 3.26. The molecule has 2 unspecified atom stereocenters. The second kappa shape index (κ2) is 12.3. The maximum absolute atomic E-state index is 12.4. The van der Waals surface area contributed by atoms with Crippen LogP contribution in [0.4, 0.5) is 5.69 Å². The summed E-state index contributed by atoms with van der Waals surface area (Å²) >= 11 is 6.13. The first-order valence-electron chi connectivity index (χ1n) is 10.5. The summed E-state index contributed by atoms with van der Waals surface area (Å²) in [5.74, 6) is 1.37. The fourth-order valence-corrected chi connectivity index (χ4v) is 3.91. The van der Waals surface area contributed by atoms with E-state index in [1.807, 2.05) is 43.8 Å². The van der Waals surface area contributed by atoms with Gasteiger partial charge in [0.2, 0.25) is 5.91 Å². The van der Waals surface area contributed by atoms with Crippen molar-refractivity contribution in [2.24, 2.45) is 10.9 Å². The van der Waals surface area contributed by atoms with Crippen LogP contribution in [-0.4, -0.2) is 52.5 Å². The van der Waals surface area contributed by atoms with E-state index >= 15 is 0 Å². The molecule has 0 saturated carbocycles. The Morgan fingerprint density at radius 3 is 2.90 bits per heavy atom. The number of likely N-dealkylation sites (tertiary alicyclic amines) is 1. The molecule has 9 heteroatoms. The monoisotopic (exact) mass is 558 g/mol. The van der Waals surface area contributed by atoms with Gasteiger partial charge in [0.15, 0.2) is 5.96 Å². The summed E-state index contributed by atoms with van der Waals surface area (Å²) in [4.78, 5) is 23.6. The molecule has 3 rings (SSSR count). The summed E-state index contributed by atoms with van der Waals surface area (Å²) in [5, 5.41) is 6.95. The molecule has 2 aromatic rings. The van der Waals surface area contributed by atoms with Gasteiger partial charge in [-0.15, -0.1) is 24.0 Å². The third kappa shape index (κ3) is 6.83. The zero-order valence-electron chi connectivity index (χ0n) is 18.3. The number of benzene rings is 1. The summed E-state index contributed by atoms with van der Waals surface area (Å²) < 4.78 is 2.18. The van der Waals surface area contributed by atoms with Crippen LogP contribution in [0, 0.1) is 12.8 Å². The number of halogens is 2. The van der Waals surface area contributed by atoms with Crippen LogP contribution in [0.25, 0.3) is 0 Å². The molecule has 1 aromatic heterocycles. The van der Waals surface area contributed by atoms with Crippen molar-refractivity contribution in [3.8, 4) is 0 Å². The molecule has 170 valence electrons. The van der Waals surface area contributed by atoms with E-state index in [0.717, 1.165) is 43.3 Å². The first kappa shape index (κ1) is 25.5. The van der Waals surface area contributed by atoms with Crippen LogP contribution in [-0.2, 0) is 4.79 Å². The van der Waals surface area contributed by atoms with Gasteiger partial charge >= 0.3 is 0 Å². The van der Waals surface area contributed by atoms with E-state index in [4.69, 9.17) is 16.6 Å². The number of aliphatic imine (C=N–C) groups is 1. The molecule has 2 heterocycles. The van der Waals surface area contributed by atoms with Crippen molar-refractivity contribution in [1.82, 2.24) is 19.8 Å². The highest BCUT2D eigenvalue weighted by atomic mass is 127. The quantitative estimate of drug-likeness (QED) is 0.314. The predicted octanol–water partition coefficient (Wildman–Crippen LogP) is 4.34. The first-order valence-corrected chi connectivity index (χ1v) is 10.9. The average molecular weight is 559 g/mol. The molecule has 1 fully saturated rings. The van der Waals surface area contributed by atoms with Gasteiger partial charge in [-0.2, -0.15) is 0 Å². The Labute approximate surface area is 206 Å². The van der Waals surface area contributed by atoms with Crippen molar-refractivity contribution >= 4 is 53.1 Å². The number of carbonyl (C=O) groups excluding carboxylic acids is 1. The van der Waals surface area contributed by atoms with E-state index in [1.54, 1.807) is 0 Å². The number of amides is 1. The zero-order valence-corrected chi connectivity index (χ0v) is 21.4. The molecule has 1 aliphatic rings. The van der Waals surface area contributed by atoms with Gasteiger partial charge in [-0.05, 0) is 43.9 Å². The predicted molar refractivity (Wildman–Crippen MR) is 137 cm³/mol. The number of nitrogens with zero attached hydrogens (tertiary/aromatic N) is 4. The molecule has 0 aliphatic carbocycles. The van der Waals surface area contributed by atoms with Gasteiger partial charge in [0.25, 0.3) is 0 Å². The molecule has 1 amide bonds. The van der Waals surface area contributed by atoms with Gasteiger partial charge < -0.3 is 20.1 Å². The summed E-state index contributed by atoms with van der Waals surface area (Å²) in [5.41, 5.74) is 1.62. The number of hydrogen-bond donors (Lipinski definition) is 2. The Morgan fingerprint density at radius 1 is 1.39 bits per heavy atom. The number of imidazole rings is 1. The van der Waals surface area contributed by atoms with Gasteiger partial charge in [-0.1, -0.05) is 24.6 Å². The molecular formula is C22H32ClIN6O. The molecule has 1 aromatic carbocycles. The van der Waals surface area contributed by atoms with Crippen molar-refractivity contribution in [2.75, 3.05) is 31.5 Å². The van der Waals surface area contributed by atoms with E-state index < -0.39 is 0 Å². The number of nitrogens with one attached hydrogen (secondary N) is 2. The lowest BCUT2D eigenvalue weighted by atomic mass is 9.93. The number of aromatic nitrogens is 2. The Balaban J connectivity index is 0.00000341. The van der Waals surface area contributed by atoms with Gasteiger partial charge in [-0.25, -0.2) is 4.98 Å². The molecule has 2 N–H and O–H groups in total. The van der Waals surface area contributed by atoms with Crippen molar-refractivity contribution in [2.45, 2.75) is 39.7 Å². The molecule has 7 nitrogen and oxygen atoms in total. The number of anilines is 1. The van der Waals surface area contributed by atoms with E-state index in [1.165, 1.54) is 0 Å². The Bertz CT molecular complexity index is 873. The normalized spacial score (nSPS) is 19.0. The smallest absolute Gasteiger partial charge is 0.226 e. The number of carbonyl (C=O) groups is 1. The largest absolute Gasteiger partial charge is 0.357 e. The Kier molecular flexibility index (Phi) is 10.1. The topological polar surface area (TPSA) is 74.6 Å². The second-order valence-corrected chi connectivity index (χ2v) is 8.14. The van der Waals surface area contributed by atoms with Crippen LogP contribution in [0.2, 0.25) is 5.02 Å². The Morgan fingerprint density at radius 2 is 2.19 bits per heavy atom. The number of hydrogen-bond acceptors (Lipinski definition) is 3. The van der Waals surface area contributed by atoms with Crippen LogP contribution in [0.5, 0.6) is 0 Å². The third-order valence-corrected chi connectivity index (χ3v) is 6.01. The van der Waals surface area contributed by atoms with Crippen molar-refractivity contribution < 1.29 is 4.79 Å². The highest BCUT2D eigenvalue weighted by Gasteiger charge is 2.28. The molecule has 2 atom stereocenters. The van der Waals surface area contributed by atoms with Crippen molar-refractivity contribution in [3.63, 3.8) is 0 Å². The van der Waals surface area contributed by atoms with E-state index in [0.29, 0.717) is 29.9 Å². The summed E-state index contributed by atoms with van der Waals surface area (Å²) in [6, 6.07) is 5.87. The molecule has 0 radical (unpaired) electrons. The molecule has 31 heavy (non-hydrogen) atoms. The molecule has 0 bridgehead atoms. The zero-order chi connectivity index (χ0) is 21.5. The van der Waals surface area contributed by atoms with Gasteiger partial charge in [0.05, 0.1) is 18.9 Å². The minimum absolute atomic E-state index is 0. The summed E-state index contributed by atoms with van der Waals surface area (Å²) in [6.07, 6.45) is 7.14. The lowest BCUT2D eigenvalue weighted by Crippen LogP contribution is -2.49. The van der Waals surface area contributed by atoms with Crippen LogP contribution in [0.3, 0.4) is 0 Å². The highest BCUT2D eigenvalue weighted by Crippen LogP contribution is 2.27. The second-order valence-electron chi connectivity index (χ2n) is 7.74. The van der Waals surface area contributed by atoms with Crippen LogP contribution >= 0.6 is 35.6 Å². The SMILES string of the molecule is CCNC(=NCCC(=O)Nc1cccc(Cl)c1C)N1CCC(C)C(n2ccnc2)C1.I. The highest BCUT2D eigenvalue weighted by molar-refractivity contribution is 14.0. The maximum Gasteiger partial charge on any atom is 0.226 e. The van der Waals surface area contributed by atoms with Crippen molar-refractivity contribution in [3.05, 3.63) is 47.5 Å². The number of piperidine rings is 1. The third-order valence-electron chi connectivity index (χ3n) is 5.60. The lowest BCUT2D eigenvalue weighted by molar-refractivity contribution is -0.116. The van der Waals surface area contributed by atoms with Crippen LogP contribution in [0.15, 0.2) is 41.9 Å². The minimum atomic E-state index is -0.0662. The van der Waals surface area contributed by atoms with Gasteiger partial charge in [0.1, 0.15) is 0 Å². The fourth-order valence-electron chi connectivity index (χ4n) is 3.74. The lowest BCUT2D eigenvalue weighted by Gasteiger charge is -2.39. The minimum Gasteiger partial charge on any atom is -0.357 e. The molecule has 0 spiro atoms. The van der Waals surface area contributed by atoms with E-state index in [9.17, 15) is 4.79 Å². The molecular weight excluding hydrogens is 527 g/mol.